The van der Waals surface area contributed by atoms with Crippen LogP contribution in [-0.2, 0) is 9.53 Å². The van der Waals surface area contributed by atoms with Gasteiger partial charge < -0.3 is 19.4 Å². The Hall–Kier alpha value is -3.39. The summed E-state index contributed by atoms with van der Waals surface area (Å²) in [5.41, 5.74) is 3.03. The lowest BCUT2D eigenvalue weighted by molar-refractivity contribution is -0.141. The second-order valence-electron chi connectivity index (χ2n) is 6.56. The third-order valence-corrected chi connectivity index (χ3v) is 5.43. The molecular weight excluding hydrogens is 404 g/mol. The molecule has 0 fully saturated rings. The Morgan fingerprint density at radius 1 is 1.10 bits per heavy atom. The van der Waals surface area contributed by atoms with Gasteiger partial charge in [0.1, 0.15) is 12.3 Å². The number of ether oxygens (including phenoxy) is 2. The average molecular weight is 426 g/mol. The number of nitrogens with one attached hydrogen (secondary N) is 1. The number of aromatic nitrogens is 1. The number of thiophene rings is 1. The van der Waals surface area contributed by atoms with Crippen LogP contribution in [-0.4, -0.2) is 42.5 Å². The first-order chi connectivity index (χ1) is 14.4. The number of nitrogens with zero attached hydrogens (tertiary/aromatic N) is 1. The first-order valence-electron chi connectivity index (χ1n) is 9.24. The second-order valence-corrected chi connectivity index (χ2v) is 7.51. The van der Waals surface area contributed by atoms with Crippen LogP contribution in [0.2, 0.25) is 0 Å². The van der Waals surface area contributed by atoms with E-state index in [1.54, 1.807) is 30.7 Å². The smallest absolute Gasteiger partial charge is 0.325 e. The van der Waals surface area contributed by atoms with E-state index in [0.717, 1.165) is 22.8 Å². The van der Waals surface area contributed by atoms with Crippen molar-refractivity contribution in [2.75, 3.05) is 20.3 Å². The highest BCUT2D eigenvalue weighted by Gasteiger charge is 2.18. The summed E-state index contributed by atoms with van der Waals surface area (Å²) in [5.74, 6) is -0.579. The van der Waals surface area contributed by atoms with Crippen LogP contribution in [0.5, 0.6) is 5.75 Å². The zero-order valence-corrected chi connectivity index (χ0v) is 17.7. The van der Waals surface area contributed by atoms with Crippen LogP contribution < -0.4 is 10.1 Å². The van der Waals surface area contributed by atoms with E-state index < -0.39 is 5.97 Å². The van der Waals surface area contributed by atoms with Crippen molar-refractivity contribution < 1.29 is 23.9 Å². The lowest BCUT2D eigenvalue weighted by Crippen LogP contribution is -2.31. The highest BCUT2D eigenvalue weighted by molar-refractivity contribution is 7.12. The third-order valence-electron chi connectivity index (χ3n) is 4.56. The van der Waals surface area contributed by atoms with E-state index in [2.05, 4.69) is 5.32 Å². The molecule has 0 saturated carbocycles. The van der Waals surface area contributed by atoms with Gasteiger partial charge in [-0.2, -0.15) is 0 Å². The normalized spacial score (nSPS) is 10.5. The monoisotopic (exact) mass is 426 g/mol. The predicted octanol–water partition coefficient (Wildman–Crippen LogP) is 3.32. The minimum absolute atomic E-state index is 0.297. The minimum Gasteiger partial charge on any atom is -0.497 e. The summed E-state index contributed by atoms with van der Waals surface area (Å²) in [5, 5.41) is 4.25. The fraction of sp³-hybridized carbons (Fsp3) is 0.227. The van der Waals surface area contributed by atoms with E-state index in [9.17, 15) is 14.4 Å². The number of carbonyl (C=O) groups excluding carboxylic acids is 3. The number of hydrogen-bond donors (Lipinski definition) is 1. The molecule has 7 nitrogen and oxygen atoms in total. The molecular formula is C22H22N2O5S. The number of esters is 1. The van der Waals surface area contributed by atoms with Gasteiger partial charge in [0.15, 0.2) is 6.61 Å². The molecule has 0 radical (unpaired) electrons. The van der Waals surface area contributed by atoms with Gasteiger partial charge in [-0.3, -0.25) is 14.4 Å². The number of aryl methyl sites for hydroxylation is 1. The summed E-state index contributed by atoms with van der Waals surface area (Å²) in [4.78, 5) is 36.8. The van der Waals surface area contributed by atoms with Crippen molar-refractivity contribution in [3.63, 3.8) is 0 Å². The van der Waals surface area contributed by atoms with Crippen LogP contribution in [0, 0.1) is 13.8 Å². The molecule has 3 aromatic rings. The number of ketones is 1. The maximum atomic E-state index is 12.6. The third kappa shape index (κ3) is 4.77. The second kappa shape index (κ2) is 9.41. The molecule has 8 heteroatoms. The molecule has 156 valence electrons. The zero-order valence-electron chi connectivity index (χ0n) is 16.9. The van der Waals surface area contributed by atoms with Crippen molar-refractivity contribution in [2.45, 2.75) is 13.8 Å². The van der Waals surface area contributed by atoms with Crippen molar-refractivity contribution in [1.82, 2.24) is 9.88 Å². The summed E-state index contributed by atoms with van der Waals surface area (Å²) < 4.78 is 12.2. The Kier molecular flexibility index (Phi) is 6.68. The number of rotatable bonds is 8. The van der Waals surface area contributed by atoms with Crippen LogP contribution in [0.3, 0.4) is 0 Å². The van der Waals surface area contributed by atoms with Gasteiger partial charge in [-0.1, -0.05) is 6.07 Å². The molecule has 0 aliphatic heterocycles. The molecule has 0 unspecified atom stereocenters. The molecule has 0 aliphatic carbocycles. The predicted molar refractivity (Wildman–Crippen MR) is 114 cm³/mol. The highest BCUT2D eigenvalue weighted by Crippen LogP contribution is 2.23. The Labute approximate surface area is 178 Å². The zero-order chi connectivity index (χ0) is 21.7. The first kappa shape index (κ1) is 21.3. The molecule has 0 saturated heterocycles. The maximum absolute atomic E-state index is 12.6. The van der Waals surface area contributed by atoms with Crippen molar-refractivity contribution in [3.8, 4) is 11.4 Å². The highest BCUT2D eigenvalue weighted by atomic mass is 32.1. The van der Waals surface area contributed by atoms with Gasteiger partial charge in [0.05, 0.1) is 12.0 Å². The number of amides is 1. The average Bonchev–Trinajstić information content (AvgIpc) is 3.38. The fourth-order valence-electron chi connectivity index (χ4n) is 3.10. The van der Waals surface area contributed by atoms with Crippen LogP contribution in [0.15, 0.2) is 47.8 Å². The van der Waals surface area contributed by atoms with Crippen molar-refractivity contribution in [2.24, 2.45) is 0 Å². The van der Waals surface area contributed by atoms with Gasteiger partial charge in [0.2, 0.25) is 5.78 Å². The van der Waals surface area contributed by atoms with Crippen LogP contribution >= 0.6 is 11.3 Å². The van der Waals surface area contributed by atoms with Crippen LogP contribution in [0.1, 0.15) is 31.4 Å². The van der Waals surface area contributed by atoms with Gasteiger partial charge in [-0.15, -0.1) is 11.3 Å². The Morgan fingerprint density at radius 2 is 1.83 bits per heavy atom. The molecule has 1 N–H and O–H groups in total. The molecule has 1 aromatic carbocycles. The standard InChI is InChI=1S/C22H22N2O5S/c1-14-11-18(15(2)24(14)16-6-8-17(28-3)9-7-16)19(25)13-29-21(26)12-23-22(27)20-5-4-10-30-20/h4-11H,12-13H2,1-3H3,(H,23,27). The molecule has 3 rings (SSSR count). The molecule has 2 aromatic heterocycles. The molecule has 1 amide bonds. The maximum Gasteiger partial charge on any atom is 0.325 e. The van der Waals surface area contributed by atoms with Crippen LogP contribution in [0.25, 0.3) is 5.69 Å². The molecule has 30 heavy (non-hydrogen) atoms. The molecule has 0 spiro atoms. The number of methoxy groups -OCH3 is 1. The van der Waals surface area contributed by atoms with Gasteiger partial charge in [0.25, 0.3) is 5.91 Å². The minimum atomic E-state index is -0.669. The van der Waals surface area contributed by atoms with Gasteiger partial charge in [0, 0.05) is 22.6 Å². The summed E-state index contributed by atoms with van der Waals surface area (Å²) in [6.07, 6.45) is 0. The quantitative estimate of drug-likeness (QED) is 0.441. The molecule has 2 heterocycles. The van der Waals surface area contributed by atoms with Crippen molar-refractivity contribution in [1.29, 1.82) is 0 Å². The van der Waals surface area contributed by atoms with Crippen LogP contribution in [0.4, 0.5) is 0 Å². The molecule has 0 bridgehead atoms. The number of hydrogen-bond acceptors (Lipinski definition) is 6. The van der Waals surface area contributed by atoms with E-state index in [4.69, 9.17) is 9.47 Å². The fourth-order valence-corrected chi connectivity index (χ4v) is 3.74. The first-order valence-corrected chi connectivity index (χ1v) is 10.1. The van der Waals surface area contributed by atoms with Gasteiger partial charge in [-0.25, -0.2) is 0 Å². The van der Waals surface area contributed by atoms with Crippen molar-refractivity contribution in [3.05, 3.63) is 69.7 Å². The van der Waals surface area contributed by atoms with E-state index in [-0.39, 0.29) is 24.8 Å². The summed E-state index contributed by atoms with van der Waals surface area (Å²) in [6, 6.07) is 12.7. The molecule has 0 atom stereocenters. The lowest BCUT2D eigenvalue weighted by Gasteiger charge is -2.11. The van der Waals surface area contributed by atoms with E-state index in [0.29, 0.717) is 10.4 Å². The summed E-state index contributed by atoms with van der Waals surface area (Å²) in [7, 11) is 1.60. The lowest BCUT2D eigenvalue weighted by atomic mass is 10.1. The topological polar surface area (TPSA) is 86.6 Å². The Bertz CT molecular complexity index is 1050. The Morgan fingerprint density at radius 3 is 2.47 bits per heavy atom. The number of benzene rings is 1. The SMILES string of the molecule is COc1ccc(-n2c(C)cc(C(=O)COC(=O)CNC(=O)c3cccs3)c2C)cc1. The largest absolute Gasteiger partial charge is 0.497 e. The van der Waals surface area contributed by atoms with E-state index >= 15 is 0 Å². The number of Topliss-reactive ketones (excluding diaryl/α,β-unsaturated/α-hetero) is 1. The summed E-state index contributed by atoms with van der Waals surface area (Å²) >= 11 is 1.28. The van der Waals surface area contributed by atoms with Crippen molar-refractivity contribution >= 4 is 29.0 Å². The van der Waals surface area contributed by atoms with Gasteiger partial charge in [-0.05, 0) is 55.6 Å². The summed E-state index contributed by atoms with van der Waals surface area (Å²) in [6.45, 7) is 3.06. The Balaban J connectivity index is 1.60. The van der Waals surface area contributed by atoms with E-state index in [1.807, 2.05) is 42.7 Å². The van der Waals surface area contributed by atoms with Gasteiger partial charge >= 0.3 is 5.97 Å². The van der Waals surface area contributed by atoms with E-state index in [1.165, 1.54) is 11.3 Å². The molecule has 0 aliphatic rings. The number of carbonyl (C=O) groups is 3.